The smallest absolute Gasteiger partial charge is 0.238 e. The van der Waals surface area contributed by atoms with Crippen LogP contribution in [0.4, 0.5) is 11.6 Å². The molecule has 1 heterocycles. The minimum absolute atomic E-state index is 0.0426. The van der Waals surface area contributed by atoms with Gasteiger partial charge in [-0.15, -0.1) is 0 Å². The van der Waals surface area contributed by atoms with Crippen LogP contribution in [0, 0.1) is 0 Å². The van der Waals surface area contributed by atoms with Gasteiger partial charge in [0.2, 0.25) is 26.6 Å². The van der Waals surface area contributed by atoms with Crippen molar-refractivity contribution in [2.45, 2.75) is 9.92 Å². The predicted molar refractivity (Wildman–Crippen MR) is 110 cm³/mol. The van der Waals surface area contributed by atoms with E-state index in [4.69, 9.17) is 9.15 Å². The first-order valence-electron chi connectivity index (χ1n) is 8.85. The number of nitrogens with zero attached hydrogens (tertiary/aromatic N) is 1. The summed E-state index contributed by atoms with van der Waals surface area (Å²) in [6, 6.07) is 24.4. The molecule has 1 aromatic heterocycles. The molecule has 0 aliphatic heterocycles. The van der Waals surface area contributed by atoms with Gasteiger partial charge in [0.1, 0.15) is 5.75 Å². The fourth-order valence-corrected chi connectivity index (χ4v) is 4.09. The molecule has 1 N–H and O–H groups in total. The summed E-state index contributed by atoms with van der Waals surface area (Å²) < 4.78 is 37.5. The summed E-state index contributed by atoms with van der Waals surface area (Å²) >= 11 is 0. The molecule has 0 amide bonds. The van der Waals surface area contributed by atoms with E-state index in [-0.39, 0.29) is 21.7 Å². The molecule has 0 radical (unpaired) electrons. The summed E-state index contributed by atoms with van der Waals surface area (Å²) in [5.41, 5.74) is 1.29. The van der Waals surface area contributed by atoms with Crippen LogP contribution in [0.15, 0.2) is 99.3 Å². The first kappa shape index (κ1) is 18.8. The third kappa shape index (κ3) is 3.86. The molecule has 0 bridgehead atoms. The highest BCUT2D eigenvalue weighted by Gasteiger charge is 2.28. The number of oxazole rings is 1. The quantitative estimate of drug-likeness (QED) is 0.489. The van der Waals surface area contributed by atoms with Gasteiger partial charge in [-0.3, -0.25) is 0 Å². The van der Waals surface area contributed by atoms with E-state index in [1.165, 1.54) is 12.1 Å². The molecule has 0 aliphatic rings. The van der Waals surface area contributed by atoms with Gasteiger partial charge < -0.3 is 14.5 Å². The molecule has 29 heavy (non-hydrogen) atoms. The Morgan fingerprint density at radius 3 is 2.28 bits per heavy atom. The maximum atomic E-state index is 13.2. The Morgan fingerprint density at radius 2 is 1.59 bits per heavy atom. The summed E-state index contributed by atoms with van der Waals surface area (Å²) in [5, 5.41) is 2.85. The van der Waals surface area contributed by atoms with Crippen molar-refractivity contribution in [3.8, 4) is 17.2 Å². The van der Waals surface area contributed by atoms with Crippen LogP contribution >= 0.6 is 0 Å². The van der Waals surface area contributed by atoms with Gasteiger partial charge in [-0.25, -0.2) is 8.42 Å². The highest BCUT2D eigenvalue weighted by Crippen LogP contribution is 2.34. The van der Waals surface area contributed by atoms with Crippen molar-refractivity contribution >= 4 is 21.4 Å². The molecule has 0 atom stereocenters. The number of hydrogen-bond donors (Lipinski definition) is 1. The van der Waals surface area contributed by atoms with Gasteiger partial charge in [0.15, 0.2) is 0 Å². The molecule has 4 rings (SSSR count). The fourth-order valence-electron chi connectivity index (χ4n) is 2.81. The maximum absolute atomic E-state index is 13.2. The summed E-state index contributed by atoms with van der Waals surface area (Å²) in [5.74, 6) is 0.886. The molecule has 0 unspecified atom stereocenters. The Bertz CT molecular complexity index is 1220. The lowest BCUT2D eigenvalue weighted by Gasteiger charge is -2.07. The summed E-state index contributed by atoms with van der Waals surface area (Å²) in [7, 11) is -2.33. The van der Waals surface area contributed by atoms with Gasteiger partial charge in [-0.05, 0) is 36.4 Å². The van der Waals surface area contributed by atoms with E-state index in [2.05, 4.69) is 10.3 Å². The number of methoxy groups -OCH3 is 1. The molecule has 7 heteroatoms. The van der Waals surface area contributed by atoms with Crippen molar-refractivity contribution < 1.29 is 17.6 Å². The van der Waals surface area contributed by atoms with E-state index in [9.17, 15) is 8.42 Å². The van der Waals surface area contributed by atoms with E-state index < -0.39 is 9.84 Å². The van der Waals surface area contributed by atoms with Gasteiger partial charge in [-0.2, -0.15) is 4.98 Å². The molecule has 0 fully saturated rings. The fraction of sp³-hybridized carbons (Fsp3) is 0.0455. The van der Waals surface area contributed by atoms with Crippen LogP contribution in [-0.4, -0.2) is 20.5 Å². The van der Waals surface area contributed by atoms with Crippen LogP contribution in [0.25, 0.3) is 11.5 Å². The molecule has 0 saturated heterocycles. The molecule has 3 aromatic carbocycles. The normalized spacial score (nSPS) is 11.2. The second kappa shape index (κ2) is 7.81. The number of rotatable bonds is 6. The highest BCUT2D eigenvalue weighted by molar-refractivity contribution is 7.91. The number of aromatic nitrogens is 1. The van der Waals surface area contributed by atoms with E-state index in [1.807, 2.05) is 18.2 Å². The average molecular weight is 406 g/mol. The monoisotopic (exact) mass is 406 g/mol. The zero-order chi connectivity index (χ0) is 20.3. The minimum atomic E-state index is -3.89. The minimum Gasteiger partial charge on any atom is -0.497 e. The third-order valence-electron chi connectivity index (χ3n) is 4.25. The number of benzene rings is 3. The third-order valence-corrected chi connectivity index (χ3v) is 5.93. The summed E-state index contributed by atoms with van der Waals surface area (Å²) in [6.07, 6.45) is 0. The summed E-state index contributed by atoms with van der Waals surface area (Å²) in [6.45, 7) is 0. The maximum Gasteiger partial charge on any atom is 0.238 e. The van der Waals surface area contributed by atoms with Crippen LogP contribution < -0.4 is 10.1 Å². The Kier molecular flexibility index (Phi) is 5.05. The van der Waals surface area contributed by atoms with Gasteiger partial charge in [0.25, 0.3) is 0 Å². The van der Waals surface area contributed by atoms with Crippen LogP contribution in [0.3, 0.4) is 0 Å². The molecule has 4 aromatic rings. The number of anilines is 2. The number of nitrogens with one attached hydrogen (secondary N) is 1. The standard InChI is InChI=1S/C22H18N2O4S/c1-27-18-12-8-11-17(15-18)23-21-22(29(25,26)19-13-6-3-7-14-19)24-20(28-21)16-9-4-2-5-10-16/h2-15,23H,1H3. The average Bonchev–Trinajstić information content (AvgIpc) is 3.20. The van der Waals surface area contributed by atoms with Crippen molar-refractivity contribution in [2.75, 3.05) is 12.4 Å². The van der Waals surface area contributed by atoms with Crippen LogP contribution in [0.5, 0.6) is 5.75 Å². The number of sulfone groups is 1. The van der Waals surface area contributed by atoms with Gasteiger partial charge in [0, 0.05) is 17.3 Å². The summed E-state index contributed by atoms with van der Waals surface area (Å²) in [4.78, 5) is 4.46. The number of hydrogen-bond acceptors (Lipinski definition) is 6. The van der Waals surface area contributed by atoms with Crippen molar-refractivity contribution in [2.24, 2.45) is 0 Å². The highest BCUT2D eigenvalue weighted by atomic mass is 32.2. The molecule has 6 nitrogen and oxygen atoms in total. The Hall–Kier alpha value is -3.58. The predicted octanol–water partition coefficient (Wildman–Crippen LogP) is 4.93. The lowest BCUT2D eigenvalue weighted by atomic mass is 10.2. The van der Waals surface area contributed by atoms with Crippen LogP contribution in [0.2, 0.25) is 0 Å². The van der Waals surface area contributed by atoms with Crippen molar-refractivity contribution in [1.82, 2.24) is 4.98 Å². The second-order valence-electron chi connectivity index (χ2n) is 6.19. The topological polar surface area (TPSA) is 81.4 Å². The van der Waals surface area contributed by atoms with E-state index in [0.717, 1.165) is 0 Å². The molecule has 0 saturated carbocycles. The van der Waals surface area contributed by atoms with E-state index in [0.29, 0.717) is 17.0 Å². The van der Waals surface area contributed by atoms with E-state index in [1.54, 1.807) is 61.7 Å². The van der Waals surface area contributed by atoms with E-state index >= 15 is 0 Å². The molecule has 0 spiro atoms. The Labute approximate surface area is 168 Å². The lowest BCUT2D eigenvalue weighted by molar-refractivity contribution is 0.415. The molecule has 0 aliphatic carbocycles. The van der Waals surface area contributed by atoms with Crippen molar-refractivity contribution in [3.05, 3.63) is 84.9 Å². The Balaban J connectivity index is 1.83. The van der Waals surface area contributed by atoms with Crippen molar-refractivity contribution in [3.63, 3.8) is 0 Å². The molecule has 146 valence electrons. The van der Waals surface area contributed by atoms with Crippen molar-refractivity contribution in [1.29, 1.82) is 0 Å². The Morgan fingerprint density at radius 1 is 0.897 bits per heavy atom. The first-order chi connectivity index (χ1) is 14.1. The van der Waals surface area contributed by atoms with Gasteiger partial charge in [-0.1, -0.05) is 42.5 Å². The van der Waals surface area contributed by atoms with Crippen LogP contribution in [0.1, 0.15) is 0 Å². The largest absolute Gasteiger partial charge is 0.497 e. The molecular formula is C22H18N2O4S. The SMILES string of the molecule is COc1cccc(Nc2oc(-c3ccccc3)nc2S(=O)(=O)c2ccccc2)c1. The van der Waals surface area contributed by atoms with Crippen LogP contribution in [-0.2, 0) is 9.84 Å². The van der Waals surface area contributed by atoms with Gasteiger partial charge >= 0.3 is 0 Å². The molecular weight excluding hydrogens is 388 g/mol. The van der Waals surface area contributed by atoms with Gasteiger partial charge in [0.05, 0.1) is 12.0 Å². The first-order valence-corrected chi connectivity index (χ1v) is 10.3. The number of ether oxygens (including phenoxy) is 1. The lowest BCUT2D eigenvalue weighted by Crippen LogP contribution is -2.05. The zero-order valence-electron chi connectivity index (χ0n) is 15.6. The zero-order valence-corrected chi connectivity index (χ0v) is 16.4. The second-order valence-corrected chi connectivity index (χ2v) is 8.06.